The topological polar surface area (TPSA) is 71.8 Å². The molecule has 1 saturated heterocycles. The second-order valence-electron chi connectivity index (χ2n) is 10.4. The number of nitrogens with zero attached hydrogens (tertiary/aromatic N) is 6. The fourth-order valence-corrected chi connectivity index (χ4v) is 6.23. The first-order valence-electron chi connectivity index (χ1n) is 12.8. The van der Waals surface area contributed by atoms with E-state index in [0.29, 0.717) is 23.3 Å². The van der Waals surface area contributed by atoms with Gasteiger partial charge in [0.25, 0.3) is 0 Å². The van der Waals surface area contributed by atoms with E-state index in [1.165, 1.54) is 12.1 Å². The van der Waals surface area contributed by atoms with Crippen molar-refractivity contribution in [1.29, 1.82) is 0 Å². The van der Waals surface area contributed by atoms with Crippen molar-refractivity contribution in [3.05, 3.63) is 59.3 Å². The van der Waals surface area contributed by atoms with E-state index < -0.39 is 11.7 Å². The lowest BCUT2D eigenvalue weighted by atomic mass is 9.92. The molecular weight excluding hydrogens is 467 g/mol. The van der Waals surface area contributed by atoms with Crippen LogP contribution in [0, 0.1) is 18.8 Å². The maximum absolute atomic E-state index is 13.4. The van der Waals surface area contributed by atoms with Crippen molar-refractivity contribution in [3.63, 3.8) is 0 Å². The third-order valence-electron chi connectivity index (χ3n) is 7.98. The molecule has 6 rings (SSSR count). The minimum absolute atomic E-state index is 0.197. The van der Waals surface area contributed by atoms with Gasteiger partial charge in [-0.2, -0.15) is 18.2 Å². The monoisotopic (exact) mass is 497 g/mol. The Morgan fingerprint density at radius 3 is 2.56 bits per heavy atom. The van der Waals surface area contributed by atoms with Crippen molar-refractivity contribution >= 4 is 11.8 Å². The number of alkyl halides is 3. The molecule has 2 fully saturated rings. The molecule has 1 aromatic carbocycles. The predicted octanol–water partition coefficient (Wildman–Crippen LogP) is 5.04. The number of piperidine rings is 1. The molecule has 1 aliphatic carbocycles. The standard InChI is InChI=1S/C26H30F3N7/c1-16-11-22(31-15-30-16)35-13-18-8-9-19(14-35)23(18)32-25-33-24-21(7-2-3-10-36(24)34-25)17-5-4-6-20(12-17)26(27,28)29/h4-6,11-12,15,18-19,21,23H,2-3,7-10,13-14H2,1H3,(H,32,34)/t18-,19+,21-,23?/m0/s1. The SMILES string of the molecule is Cc1cc(N2C[C@H]3CC[C@@H](C2)C3Nc2nc3n(n2)CCCC[C@H]3c2cccc(C(F)(F)F)c2)ncn1. The van der Waals surface area contributed by atoms with Crippen LogP contribution in [0.25, 0.3) is 0 Å². The van der Waals surface area contributed by atoms with Gasteiger partial charge in [-0.3, -0.25) is 0 Å². The third kappa shape index (κ3) is 4.41. The van der Waals surface area contributed by atoms with Crippen LogP contribution in [0.5, 0.6) is 0 Å². The smallest absolute Gasteiger partial charge is 0.356 e. The fourth-order valence-electron chi connectivity index (χ4n) is 6.23. The largest absolute Gasteiger partial charge is 0.416 e. The number of benzene rings is 1. The first kappa shape index (κ1) is 23.2. The zero-order valence-electron chi connectivity index (χ0n) is 20.2. The maximum Gasteiger partial charge on any atom is 0.416 e. The molecule has 7 nitrogen and oxygen atoms in total. The molecule has 3 aromatic rings. The van der Waals surface area contributed by atoms with Crippen LogP contribution < -0.4 is 10.2 Å². The summed E-state index contributed by atoms with van der Waals surface area (Å²) in [6, 6.07) is 7.99. The molecule has 1 unspecified atom stereocenters. The second-order valence-corrected chi connectivity index (χ2v) is 10.4. The molecule has 36 heavy (non-hydrogen) atoms. The molecule has 10 heteroatoms. The highest BCUT2D eigenvalue weighted by Crippen LogP contribution is 2.40. The summed E-state index contributed by atoms with van der Waals surface area (Å²) in [6.07, 6.45) is 2.18. The summed E-state index contributed by atoms with van der Waals surface area (Å²) in [5, 5.41) is 8.40. The van der Waals surface area contributed by atoms with Crippen molar-refractivity contribution in [2.24, 2.45) is 11.8 Å². The summed E-state index contributed by atoms with van der Waals surface area (Å²) in [6.45, 7) is 4.56. The first-order valence-corrected chi connectivity index (χ1v) is 12.8. The van der Waals surface area contributed by atoms with Gasteiger partial charge in [0.05, 0.1) is 5.56 Å². The van der Waals surface area contributed by atoms with E-state index in [0.717, 1.165) is 75.1 Å². The van der Waals surface area contributed by atoms with Gasteiger partial charge in [0.2, 0.25) is 5.95 Å². The Morgan fingerprint density at radius 2 is 1.81 bits per heavy atom. The minimum Gasteiger partial charge on any atom is -0.356 e. The van der Waals surface area contributed by atoms with Gasteiger partial charge in [0, 0.05) is 43.4 Å². The highest BCUT2D eigenvalue weighted by Gasteiger charge is 2.43. The van der Waals surface area contributed by atoms with Crippen LogP contribution in [-0.4, -0.2) is 43.9 Å². The Labute approximate surface area is 208 Å². The fraction of sp³-hybridized carbons (Fsp3) is 0.538. The molecule has 1 saturated carbocycles. The molecular formula is C26H30F3N7. The Balaban J connectivity index is 1.22. The molecule has 0 spiro atoms. The average Bonchev–Trinajstić information content (AvgIpc) is 3.25. The molecule has 0 amide bonds. The van der Waals surface area contributed by atoms with Crippen LogP contribution in [0.3, 0.4) is 0 Å². The number of anilines is 2. The van der Waals surface area contributed by atoms with Crippen LogP contribution in [0.4, 0.5) is 24.9 Å². The van der Waals surface area contributed by atoms with Gasteiger partial charge in [-0.25, -0.2) is 14.6 Å². The van der Waals surface area contributed by atoms with Gasteiger partial charge in [0.1, 0.15) is 18.0 Å². The van der Waals surface area contributed by atoms with Crippen molar-refractivity contribution in [3.8, 4) is 0 Å². The lowest BCUT2D eigenvalue weighted by molar-refractivity contribution is -0.137. The van der Waals surface area contributed by atoms with Crippen molar-refractivity contribution < 1.29 is 13.2 Å². The summed E-state index contributed by atoms with van der Waals surface area (Å²) in [7, 11) is 0. The Kier molecular flexibility index (Phi) is 5.84. The van der Waals surface area contributed by atoms with E-state index in [9.17, 15) is 13.2 Å². The second kappa shape index (κ2) is 9.05. The summed E-state index contributed by atoms with van der Waals surface area (Å²) < 4.78 is 42.0. The quantitative estimate of drug-likeness (QED) is 0.545. The third-order valence-corrected chi connectivity index (χ3v) is 7.98. The van der Waals surface area contributed by atoms with Crippen LogP contribution >= 0.6 is 0 Å². The van der Waals surface area contributed by atoms with Crippen LogP contribution in [0.2, 0.25) is 0 Å². The number of aromatic nitrogens is 5. The first-order chi connectivity index (χ1) is 17.3. The summed E-state index contributed by atoms with van der Waals surface area (Å²) in [4.78, 5) is 15.9. The van der Waals surface area contributed by atoms with E-state index >= 15 is 0 Å². The van der Waals surface area contributed by atoms with Gasteiger partial charge in [-0.1, -0.05) is 24.6 Å². The molecule has 2 bridgehead atoms. The summed E-state index contributed by atoms with van der Waals surface area (Å²) in [5.74, 6) is 3.06. The number of halogens is 3. The Morgan fingerprint density at radius 1 is 1.00 bits per heavy atom. The van der Waals surface area contributed by atoms with Crippen LogP contribution in [0.15, 0.2) is 36.7 Å². The summed E-state index contributed by atoms with van der Waals surface area (Å²) >= 11 is 0. The van der Waals surface area contributed by atoms with E-state index in [-0.39, 0.29) is 12.0 Å². The zero-order chi connectivity index (χ0) is 24.9. The molecule has 0 radical (unpaired) electrons. The minimum atomic E-state index is -4.36. The van der Waals surface area contributed by atoms with Gasteiger partial charge < -0.3 is 10.2 Å². The molecule has 2 aromatic heterocycles. The normalized spacial score (nSPS) is 25.9. The van der Waals surface area contributed by atoms with Gasteiger partial charge in [0.15, 0.2) is 0 Å². The average molecular weight is 498 g/mol. The number of fused-ring (bicyclic) bond motifs is 3. The van der Waals surface area contributed by atoms with Crippen molar-refractivity contribution in [2.75, 3.05) is 23.3 Å². The van der Waals surface area contributed by atoms with Gasteiger partial charge in [-0.15, -0.1) is 5.10 Å². The Bertz CT molecular complexity index is 1230. The van der Waals surface area contributed by atoms with Gasteiger partial charge in [-0.05, 0) is 56.1 Å². The highest BCUT2D eigenvalue weighted by molar-refractivity contribution is 5.42. The predicted molar refractivity (Wildman–Crippen MR) is 130 cm³/mol. The highest BCUT2D eigenvalue weighted by atomic mass is 19.4. The van der Waals surface area contributed by atoms with E-state index in [1.807, 2.05) is 17.7 Å². The number of nitrogens with one attached hydrogen (secondary N) is 1. The number of aryl methyl sites for hydroxylation is 2. The van der Waals surface area contributed by atoms with E-state index in [4.69, 9.17) is 10.1 Å². The molecule has 4 heterocycles. The van der Waals surface area contributed by atoms with Crippen LogP contribution in [-0.2, 0) is 12.7 Å². The molecule has 3 aliphatic rings. The molecule has 2 aliphatic heterocycles. The van der Waals surface area contributed by atoms with E-state index in [1.54, 1.807) is 12.4 Å². The number of rotatable bonds is 4. The Hall–Kier alpha value is -3.17. The van der Waals surface area contributed by atoms with Crippen molar-refractivity contribution in [1.82, 2.24) is 24.7 Å². The van der Waals surface area contributed by atoms with Crippen LogP contribution in [0.1, 0.15) is 60.7 Å². The maximum atomic E-state index is 13.4. The molecule has 190 valence electrons. The zero-order valence-corrected chi connectivity index (χ0v) is 20.2. The molecule has 4 atom stereocenters. The van der Waals surface area contributed by atoms with Crippen molar-refractivity contribution in [2.45, 2.75) is 63.7 Å². The number of hydrogen-bond acceptors (Lipinski definition) is 6. The number of hydrogen-bond donors (Lipinski definition) is 1. The lowest BCUT2D eigenvalue weighted by Gasteiger charge is -2.38. The van der Waals surface area contributed by atoms with Gasteiger partial charge >= 0.3 is 6.18 Å². The summed E-state index contributed by atoms with van der Waals surface area (Å²) in [5.41, 5.74) is 1.00. The molecule has 1 N–H and O–H groups in total. The van der Waals surface area contributed by atoms with E-state index in [2.05, 4.69) is 20.2 Å². The lowest BCUT2D eigenvalue weighted by Crippen LogP contribution is -2.48.